The fourth-order valence-corrected chi connectivity index (χ4v) is 3.11. The molecule has 0 fully saturated rings. The average Bonchev–Trinajstić information content (AvgIpc) is 2.62. The molecule has 1 unspecified atom stereocenters. The van der Waals surface area contributed by atoms with Gasteiger partial charge in [-0.2, -0.15) is 0 Å². The number of dihydropyridines is 1. The molecule has 3 N–H and O–H groups in total. The summed E-state index contributed by atoms with van der Waals surface area (Å²) in [5.74, 6) is 0.508. The van der Waals surface area contributed by atoms with Crippen molar-refractivity contribution in [3.8, 4) is 11.1 Å². The van der Waals surface area contributed by atoms with Crippen LogP contribution >= 0.6 is 0 Å². The smallest absolute Gasteiger partial charge is 0.134 e. The van der Waals surface area contributed by atoms with Gasteiger partial charge >= 0.3 is 0 Å². The molecule has 24 heavy (non-hydrogen) atoms. The summed E-state index contributed by atoms with van der Waals surface area (Å²) >= 11 is 0. The van der Waals surface area contributed by atoms with Gasteiger partial charge in [0.15, 0.2) is 0 Å². The van der Waals surface area contributed by atoms with Gasteiger partial charge in [-0.3, -0.25) is 0 Å². The van der Waals surface area contributed by atoms with Crippen LogP contribution in [0.1, 0.15) is 18.5 Å². The number of nitrogens with two attached hydrogens (primary N) is 1. The van der Waals surface area contributed by atoms with E-state index < -0.39 is 0 Å². The Balaban J connectivity index is 1.84. The Labute approximate surface area is 140 Å². The van der Waals surface area contributed by atoms with Gasteiger partial charge in [0.05, 0.1) is 11.6 Å². The predicted octanol–water partition coefficient (Wildman–Crippen LogP) is 3.98. The standard InChI is InChI=1S/C20H18N4/c1-13-5-4-8-19(24-13)16-7-3-2-6-15(16)14-9-10-18-17(11-14)20(21)23-12-22-18/h2-12,19,24H,1H3,(H2,21,22,23). The van der Waals surface area contributed by atoms with E-state index in [1.807, 2.05) is 6.07 Å². The largest absolute Gasteiger partial charge is 0.383 e. The summed E-state index contributed by atoms with van der Waals surface area (Å²) < 4.78 is 0. The van der Waals surface area contributed by atoms with E-state index in [9.17, 15) is 0 Å². The molecule has 0 saturated heterocycles. The van der Waals surface area contributed by atoms with Gasteiger partial charge in [-0.15, -0.1) is 0 Å². The highest BCUT2D eigenvalue weighted by Crippen LogP contribution is 2.32. The second-order valence-electron chi connectivity index (χ2n) is 5.93. The first-order valence-corrected chi connectivity index (χ1v) is 7.93. The summed E-state index contributed by atoms with van der Waals surface area (Å²) in [6, 6.07) is 14.7. The second-order valence-corrected chi connectivity index (χ2v) is 5.93. The minimum atomic E-state index is 0.159. The molecule has 4 rings (SSSR count). The molecule has 3 aromatic rings. The topological polar surface area (TPSA) is 63.8 Å². The molecular weight excluding hydrogens is 296 g/mol. The van der Waals surface area contributed by atoms with Crippen molar-refractivity contribution in [2.75, 3.05) is 5.73 Å². The van der Waals surface area contributed by atoms with Crippen molar-refractivity contribution in [2.45, 2.75) is 13.0 Å². The minimum Gasteiger partial charge on any atom is -0.383 e. The molecule has 118 valence electrons. The van der Waals surface area contributed by atoms with Crippen LogP contribution in [-0.4, -0.2) is 9.97 Å². The number of allylic oxidation sites excluding steroid dienone is 3. The van der Waals surface area contributed by atoms with Gasteiger partial charge in [0.1, 0.15) is 12.1 Å². The molecule has 1 aromatic heterocycles. The van der Waals surface area contributed by atoms with Gasteiger partial charge in [-0.1, -0.05) is 42.5 Å². The van der Waals surface area contributed by atoms with E-state index in [1.165, 1.54) is 17.5 Å². The van der Waals surface area contributed by atoms with E-state index in [2.05, 4.69) is 76.8 Å². The predicted molar refractivity (Wildman–Crippen MR) is 98.2 cm³/mol. The number of benzene rings is 2. The number of rotatable bonds is 2. The van der Waals surface area contributed by atoms with Gasteiger partial charge in [-0.25, -0.2) is 9.97 Å². The normalized spacial score (nSPS) is 16.7. The van der Waals surface area contributed by atoms with Crippen LogP contribution in [0.3, 0.4) is 0 Å². The van der Waals surface area contributed by atoms with Crippen molar-refractivity contribution < 1.29 is 0 Å². The molecule has 0 amide bonds. The fourth-order valence-electron chi connectivity index (χ4n) is 3.11. The van der Waals surface area contributed by atoms with Gasteiger partial charge in [-0.05, 0) is 41.8 Å². The first kappa shape index (κ1) is 14.5. The quantitative estimate of drug-likeness (QED) is 0.751. The molecule has 0 radical (unpaired) electrons. The maximum Gasteiger partial charge on any atom is 0.134 e. The molecule has 0 saturated carbocycles. The van der Waals surface area contributed by atoms with Crippen molar-refractivity contribution in [1.29, 1.82) is 0 Å². The van der Waals surface area contributed by atoms with E-state index in [0.29, 0.717) is 5.82 Å². The SMILES string of the molecule is CC1=CC=CC(c2ccccc2-c2ccc3ncnc(N)c3c2)N1. The summed E-state index contributed by atoms with van der Waals surface area (Å²) in [6.07, 6.45) is 7.84. The van der Waals surface area contributed by atoms with Crippen LogP contribution in [0.25, 0.3) is 22.0 Å². The maximum absolute atomic E-state index is 6.02. The van der Waals surface area contributed by atoms with E-state index >= 15 is 0 Å². The zero-order chi connectivity index (χ0) is 16.5. The molecule has 4 heteroatoms. The Morgan fingerprint density at radius 3 is 2.83 bits per heavy atom. The van der Waals surface area contributed by atoms with Crippen LogP contribution in [0.15, 0.2) is 72.7 Å². The third-order valence-corrected chi connectivity index (χ3v) is 4.31. The first-order valence-electron chi connectivity index (χ1n) is 7.93. The monoisotopic (exact) mass is 314 g/mol. The Kier molecular flexibility index (Phi) is 3.50. The van der Waals surface area contributed by atoms with E-state index in [1.54, 1.807) is 0 Å². The number of anilines is 1. The summed E-state index contributed by atoms with van der Waals surface area (Å²) in [4.78, 5) is 8.38. The van der Waals surface area contributed by atoms with Crippen LogP contribution in [0.2, 0.25) is 0 Å². The Bertz CT molecular complexity index is 972. The van der Waals surface area contributed by atoms with Crippen LogP contribution in [-0.2, 0) is 0 Å². The molecule has 2 aromatic carbocycles. The zero-order valence-electron chi connectivity index (χ0n) is 13.4. The summed E-state index contributed by atoms with van der Waals surface area (Å²) in [5.41, 5.74) is 11.6. The Morgan fingerprint density at radius 2 is 1.96 bits per heavy atom. The molecule has 2 heterocycles. The van der Waals surface area contributed by atoms with E-state index in [0.717, 1.165) is 22.2 Å². The lowest BCUT2D eigenvalue weighted by Gasteiger charge is -2.23. The number of fused-ring (bicyclic) bond motifs is 1. The summed E-state index contributed by atoms with van der Waals surface area (Å²) in [5, 5.41) is 4.40. The Morgan fingerprint density at radius 1 is 1.08 bits per heavy atom. The minimum absolute atomic E-state index is 0.159. The third-order valence-electron chi connectivity index (χ3n) is 4.31. The average molecular weight is 314 g/mol. The van der Waals surface area contributed by atoms with Crippen LogP contribution in [0.4, 0.5) is 5.82 Å². The number of hydrogen-bond donors (Lipinski definition) is 2. The summed E-state index contributed by atoms with van der Waals surface area (Å²) in [6.45, 7) is 2.08. The lowest BCUT2D eigenvalue weighted by Crippen LogP contribution is -2.20. The lowest BCUT2D eigenvalue weighted by atomic mass is 9.93. The number of aromatic nitrogens is 2. The van der Waals surface area contributed by atoms with Crippen LogP contribution < -0.4 is 11.1 Å². The van der Waals surface area contributed by atoms with Crippen LogP contribution in [0.5, 0.6) is 0 Å². The fraction of sp³-hybridized carbons (Fsp3) is 0.100. The number of nitrogen functional groups attached to an aromatic ring is 1. The third kappa shape index (κ3) is 2.52. The molecular formula is C20H18N4. The molecule has 0 aliphatic carbocycles. The highest BCUT2D eigenvalue weighted by atomic mass is 14.9. The van der Waals surface area contributed by atoms with Crippen molar-refractivity contribution in [3.05, 3.63) is 78.3 Å². The van der Waals surface area contributed by atoms with Crippen molar-refractivity contribution in [3.63, 3.8) is 0 Å². The molecule has 1 atom stereocenters. The first-order chi connectivity index (χ1) is 11.7. The number of nitrogens with zero attached hydrogens (tertiary/aromatic N) is 2. The zero-order valence-corrected chi connectivity index (χ0v) is 13.4. The molecule has 0 spiro atoms. The number of nitrogens with one attached hydrogen (secondary N) is 1. The molecule has 4 nitrogen and oxygen atoms in total. The number of hydrogen-bond acceptors (Lipinski definition) is 4. The van der Waals surface area contributed by atoms with E-state index in [4.69, 9.17) is 5.73 Å². The van der Waals surface area contributed by atoms with Gasteiger partial charge in [0.25, 0.3) is 0 Å². The van der Waals surface area contributed by atoms with Crippen molar-refractivity contribution in [2.24, 2.45) is 0 Å². The Hall–Kier alpha value is -3.14. The van der Waals surface area contributed by atoms with Gasteiger partial charge in [0, 0.05) is 11.1 Å². The lowest BCUT2D eigenvalue weighted by molar-refractivity contribution is 0.706. The van der Waals surface area contributed by atoms with Crippen LogP contribution in [0, 0.1) is 0 Å². The van der Waals surface area contributed by atoms with Gasteiger partial charge < -0.3 is 11.1 Å². The maximum atomic E-state index is 6.02. The molecule has 1 aliphatic heterocycles. The van der Waals surface area contributed by atoms with E-state index in [-0.39, 0.29) is 6.04 Å². The van der Waals surface area contributed by atoms with Gasteiger partial charge in [0.2, 0.25) is 0 Å². The highest BCUT2D eigenvalue weighted by molar-refractivity contribution is 5.91. The highest BCUT2D eigenvalue weighted by Gasteiger charge is 2.15. The molecule has 1 aliphatic rings. The molecule has 0 bridgehead atoms. The summed E-state index contributed by atoms with van der Waals surface area (Å²) in [7, 11) is 0. The second kappa shape index (κ2) is 5.81. The van der Waals surface area contributed by atoms with Crippen molar-refractivity contribution >= 4 is 16.7 Å². The van der Waals surface area contributed by atoms with Crippen molar-refractivity contribution in [1.82, 2.24) is 15.3 Å².